The number of ether oxygens (including phenoxy) is 1. The molecular formula is C16H16N2O5S. The second-order valence-electron chi connectivity index (χ2n) is 5.60. The normalized spacial score (nSPS) is 12.6. The van der Waals surface area contributed by atoms with E-state index in [1.165, 1.54) is 25.4 Å². The molecule has 8 heteroatoms. The third-order valence-electron chi connectivity index (χ3n) is 3.93. The van der Waals surface area contributed by atoms with E-state index in [0.29, 0.717) is 21.7 Å². The molecule has 0 fully saturated rings. The van der Waals surface area contributed by atoms with Gasteiger partial charge >= 0.3 is 5.97 Å². The van der Waals surface area contributed by atoms with Crippen molar-refractivity contribution in [3.05, 3.63) is 16.5 Å². The molecule has 24 heavy (non-hydrogen) atoms. The van der Waals surface area contributed by atoms with Gasteiger partial charge in [-0.1, -0.05) is 6.92 Å². The van der Waals surface area contributed by atoms with E-state index < -0.39 is 11.9 Å². The number of rotatable bonds is 5. The lowest BCUT2D eigenvalue weighted by molar-refractivity contribution is -0.141. The van der Waals surface area contributed by atoms with Crippen molar-refractivity contribution in [2.75, 3.05) is 12.8 Å². The molecule has 0 aliphatic heterocycles. The van der Waals surface area contributed by atoms with Crippen LogP contribution >= 0.6 is 11.3 Å². The minimum Gasteiger partial charge on any atom is -0.493 e. The lowest BCUT2D eigenvalue weighted by Gasteiger charge is -2.04. The van der Waals surface area contributed by atoms with Gasteiger partial charge in [-0.2, -0.15) is 4.98 Å². The first-order valence-corrected chi connectivity index (χ1v) is 8.07. The van der Waals surface area contributed by atoms with Crippen molar-refractivity contribution >= 4 is 50.3 Å². The zero-order valence-electron chi connectivity index (χ0n) is 13.4. The van der Waals surface area contributed by atoms with Crippen molar-refractivity contribution in [1.82, 2.24) is 4.98 Å². The number of nitrogen functional groups attached to an aromatic ring is 1. The number of carboxylic acid groups (broad SMARTS) is 1. The van der Waals surface area contributed by atoms with Gasteiger partial charge < -0.3 is 20.0 Å². The summed E-state index contributed by atoms with van der Waals surface area (Å²) in [5.41, 5.74) is 7.38. The maximum atomic E-state index is 12.5. The van der Waals surface area contributed by atoms with Crippen LogP contribution in [0.25, 0.3) is 21.2 Å². The highest BCUT2D eigenvalue weighted by Gasteiger charge is 2.24. The maximum Gasteiger partial charge on any atom is 0.306 e. The summed E-state index contributed by atoms with van der Waals surface area (Å²) in [6, 6.07) is 1.80. The molecule has 1 atom stereocenters. The van der Waals surface area contributed by atoms with Gasteiger partial charge in [0.05, 0.1) is 17.9 Å². The van der Waals surface area contributed by atoms with Crippen molar-refractivity contribution in [2.45, 2.75) is 20.3 Å². The molecule has 3 rings (SSSR count). The Kier molecular flexibility index (Phi) is 3.92. The fourth-order valence-corrected chi connectivity index (χ4v) is 3.86. The first-order chi connectivity index (χ1) is 11.3. The van der Waals surface area contributed by atoms with Crippen molar-refractivity contribution in [1.29, 1.82) is 0 Å². The molecule has 0 saturated heterocycles. The Morgan fingerprint density at radius 1 is 1.50 bits per heavy atom. The number of fused-ring (bicyclic) bond motifs is 3. The number of nitrogens with two attached hydrogens (primary N) is 1. The van der Waals surface area contributed by atoms with E-state index in [9.17, 15) is 9.59 Å². The number of carboxylic acids is 1. The van der Waals surface area contributed by atoms with Gasteiger partial charge in [0.25, 0.3) is 6.01 Å². The Morgan fingerprint density at radius 3 is 2.83 bits per heavy atom. The average Bonchev–Trinajstić information content (AvgIpc) is 3.05. The van der Waals surface area contributed by atoms with E-state index >= 15 is 0 Å². The largest absolute Gasteiger partial charge is 0.493 e. The summed E-state index contributed by atoms with van der Waals surface area (Å²) >= 11 is 1.29. The van der Waals surface area contributed by atoms with Crippen LogP contribution in [0.15, 0.2) is 10.5 Å². The summed E-state index contributed by atoms with van der Waals surface area (Å²) in [5.74, 6) is -1.44. The topological polar surface area (TPSA) is 116 Å². The molecule has 3 aromatic rings. The Balaban J connectivity index is 2.18. The van der Waals surface area contributed by atoms with Gasteiger partial charge in [0.1, 0.15) is 5.52 Å². The van der Waals surface area contributed by atoms with Crippen LogP contribution in [-0.4, -0.2) is 29.0 Å². The van der Waals surface area contributed by atoms with Crippen molar-refractivity contribution in [3.8, 4) is 5.75 Å². The molecule has 2 aromatic heterocycles. The van der Waals surface area contributed by atoms with Gasteiger partial charge in [0, 0.05) is 22.6 Å². The fraction of sp³-hybridized carbons (Fsp3) is 0.312. The predicted octanol–water partition coefficient (Wildman–Crippen LogP) is 3.24. The quantitative estimate of drug-likeness (QED) is 0.680. The molecule has 1 unspecified atom stereocenters. The minimum atomic E-state index is -0.990. The number of Topliss-reactive ketones (excluding diaryl/α,β-unsaturated/α-hetero) is 1. The molecule has 0 spiro atoms. The molecule has 0 amide bonds. The van der Waals surface area contributed by atoms with Gasteiger partial charge in [-0.15, -0.1) is 11.3 Å². The lowest BCUT2D eigenvalue weighted by atomic mass is 10.0. The van der Waals surface area contributed by atoms with Gasteiger partial charge in [0.15, 0.2) is 17.1 Å². The third kappa shape index (κ3) is 2.48. The second kappa shape index (κ2) is 5.79. The van der Waals surface area contributed by atoms with Gasteiger partial charge in [-0.05, 0) is 12.5 Å². The van der Waals surface area contributed by atoms with Crippen LogP contribution in [0.2, 0.25) is 0 Å². The van der Waals surface area contributed by atoms with Crippen LogP contribution < -0.4 is 10.5 Å². The predicted molar refractivity (Wildman–Crippen MR) is 90.8 cm³/mol. The van der Waals surface area contributed by atoms with Crippen molar-refractivity contribution in [3.63, 3.8) is 0 Å². The molecule has 0 bridgehead atoms. The molecule has 0 aliphatic carbocycles. The van der Waals surface area contributed by atoms with Crippen LogP contribution in [0.1, 0.15) is 28.6 Å². The number of aryl methyl sites for hydroxylation is 1. The zero-order valence-corrected chi connectivity index (χ0v) is 14.2. The van der Waals surface area contributed by atoms with E-state index in [0.717, 1.165) is 15.6 Å². The van der Waals surface area contributed by atoms with Gasteiger partial charge in [0.2, 0.25) is 0 Å². The summed E-state index contributed by atoms with van der Waals surface area (Å²) in [6.45, 7) is 3.33. The van der Waals surface area contributed by atoms with E-state index in [-0.39, 0.29) is 18.2 Å². The number of methoxy groups -OCH3 is 1. The first-order valence-electron chi connectivity index (χ1n) is 7.25. The number of aromatic nitrogens is 1. The van der Waals surface area contributed by atoms with Crippen LogP contribution in [-0.2, 0) is 4.79 Å². The summed E-state index contributed by atoms with van der Waals surface area (Å²) in [7, 11) is 1.51. The smallest absolute Gasteiger partial charge is 0.306 e. The van der Waals surface area contributed by atoms with Crippen LogP contribution in [0, 0.1) is 12.8 Å². The molecule has 3 N–H and O–H groups in total. The number of hydrogen-bond donors (Lipinski definition) is 2. The molecule has 1 aromatic carbocycles. The molecular weight excluding hydrogens is 332 g/mol. The number of thiophene rings is 1. The number of oxazole rings is 1. The van der Waals surface area contributed by atoms with Gasteiger partial charge in [-0.3, -0.25) is 9.59 Å². The number of benzene rings is 1. The highest BCUT2D eigenvalue weighted by atomic mass is 32.1. The van der Waals surface area contributed by atoms with Gasteiger partial charge in [-0.25, -0.2) is 0 Å². The average molecular weight is 348 g/mol. The number of anilines is 1. The van der Waals surface area contributed by atoms with Crippen molar-refractivity contribution in [2.24, 2.45) is 5.92 Å². The van der Waals surface area contributed by atoms with Crippen LogP contribution in [0.3, 0.4) is 0 Å². The molecule has 2 heterocycles. The summed E-state index contributed by atoms with van der Waals surface area (Å²) in [5, 5.41) is 9.78. The SMILES string of the molecule is COc1cc2sc(C(=O)CC(C)C(=O)O)c(C)c2c2nc(N)oc12. The Bertz CT molecular complexity index is 972. The van der Waals surface area contributed by atoms with Crippen molar-refractivity contribution < 1.29 is 23.8 Å². The zero-order chi connectivity index (χ0) is 17.6. The van der Waals surface area contributed by atoms with Crippen LogP contribution in [0.5, 0.6) is 5.75 Å². The third-order valence-corrected chi connectivity index (χ3v) is 5.21. The first kappa shape index (κ1) is 16.3. The number of aliphatic carboxylic acids is 1. The summed E-state index contributed by atoms with van der Waals surface area (Å²) < 4.78 is 11.5. The Hall–Kier alpha value is -2.61. The molecule has 126 valence electrons. The molecule has 0 radical (unpaired) electrons. The van der Waals surface area contributed by atoms with E-state index in [1.807, 2.05) is 6.92 Å². The summed E-state index contributed by atoms with van der Waals surface area (Å²) in [6.07, 6.45) is -0.0514. The minimum absolute atomic E-state index is 0.0220. The van der Waals surface area contributed by atoms with E-state index in [2.05, 4.69) is 4.98 Å². The number of carbonyl (C=O) groups is 2. The lowest BCUT2D eigenvalue weighted by Crippen LogP contribution is -2.14. The molecule has 0 aliphatic rings. The second-order valence-corrected chi connectivity index (χ2v) is 6.66. The monoisotopic (exact) mass is 348 g/mol. The number of hydrogen-bond acceptors (Lipinski definition) is 7. The van der Waals surface area contributed by atoms with Crippen LogP contribution in [0.4, 0.5) is 6.01 Å². The highest BCUT2D eigenvalue weighted by Crippen LogP contribution is 2.41. The Labute approximate surface area is 141 Å². The van der Waals surface area contributed by atoms with E-state index in [1.54, 1.807) is 6.07 Å². The number of carbonyl (C=O) groups excluding carboxylic acids is 1. The number of nitrogens with zero attached hydrogens (tertiary/aromatic N) is 1. The Morgan fingerprint density at radius 2 is 2.21 bits per heavy atom. The standard InChI is InChI=1S/C16H16N2O5S/c1-6(15(20)21)4-8(19)14-7(2)11-10(24-14)5-9(22-3)13-12(11)18-16(17)23-13/h5-6H,4H2,1-3H3,(H2,17,18)(H,20,21). The molecule has 0 saturated carbocycles. The summed E-state index contributed by atoms with van der Waals surface area (Å²) in [4.78, 5) is 28.2. The fourth-order valence-electron chi connectivity index (χ4n) is 2.67. The van der Waals surface area contributed by atoms with E-state index in [4.69, 9.17) is 20.0 Å². The number of ketones is 1. The maximum absolute atomic E-state index is 12.5. The molecule has 7 nitrogen and oxygen atoms in total. The highest BCUT2D eigenvalue weighted by molar-refractivity contribution is 7.21.